The highest BCUT2D eigenvalue weighted by atomic mass is 35.5. The lowest BCUT2D eigenvalue weighted by molar-refractivity contribution is -0.185. The second-order valence-electron chi connectivity index (χ2n) is 7.28. The molecule has 2 aromatic carbocycles. The average molecular weight is 454 g/mol. The Bertz CT molecular complexity index is 878. The molecule has 5 nitrogen and oxygen atoms in total. The Balaban J connectivity index is 1.38. The van der Waals surface area contributed by atoms with Crippen LogP contribution in [0.1, 0.15) is 28.8 Å². The molecule has 1 fully saturated rings. The van der Waals surface area contributed by atoms with Crippen LogP contribution in [0.2, 0.25) is 5.02 Å². The molecule has 31 heavy (non-hydrogen) atoms. The van der Waals surface area contributed by atoms with Crippen molar-refractivity contribution in [3.63, 3.8) is 0 Å². The molecule has 0 unspecified atom stereocenters. The van der Waals surface area contributed by atoms with Crippen molar-refractivity contribution >= 4 is 23.7 Å². The molecule has 0 spiro atoms. The van der Waals surface area contributed by atoms with Crippen molar-refractivity contribution in [3.05, 3.63) is 64.7 Å². The number of carbonyl (C=O) groups is 1. The molecule has 0 atom stereocenters. The van der Waals surface area contributed by atoms with Crippen LogP contribution in [0.15, 0.2) is 53.6 Å². The van der Waals surface area contributed by atoms with Gasteiger partial charge in [0.15, 0.2) is 0 Å². The number of ether oxygens (including phenoxy) is 1. The molecule has 0 aromatic heterocycles. The molecule has 2 aromatic rings. The average Bonchev–Trinajstić information content (AvgIpc) is 2.75. The van der Waals surface area contributed by atoms with E-state index in [2.05, 4.69) is 10.5 Å². The molecule has 9 heteroatoms. The number of likely N-dealkylation sites (tertiary alicyclic amines) is 1. The van der Waals surface area contributed by atoms with Gasteiger partial charge in [0.25, 0.3) is 5.91 Å². The van der Waals surface area contributed by atoms with Gasteiger partial charge in [-0.05, 0) is 80.0 Å². The van der Waals surface area contributed by atoms with Crippen molar-refractivity contribution in [2.45, 2.75) is 19.0 Å². The molecule has 1 aliphatic heterocycles. The third-order valence-corrected chi connectivity index (χ3v) is 5.34. The van der Waals surface area contributed by atoms with Crippen molar-refractivity contribution in [2.24, 2.45) is 11.0 Å². The molecular formula is C22H23ClF3N3O2. The molecule has 0 bridgehead atoms. The van der Waals surface area contributed by atoms with E-state index in [4.69, 9.17) is 16.3 Å². The molecule has 1 N–H and O–H groups in total. The summed E-state index contributed by atoms with van der Waals surface area (Å²) in [6, 6.07) is 13.6. The minimum Gasteiger partial charge on any atom is -0.492 e. The molecule has 0 radical (unpaired) electrons. The van der Waals surface area contributed by atoms with Crippen LogP contribution < -0.4 is 10.2 Å². The van der Waals surface area contributed by atoms with E-state index in [1.54, 1.807) is 48.5 Å². The molecule has 1 heterocycles. The zero-order valence-corrected chi connectivity index (χ0v) is 17.5. The molecule has 166 valence electrons. The number of hydrogen-bond donors (Lipinski definition) is 1. The Kier molecular flexibility index (Phi) is 7.92. The van der Waals surface area contributed by atoms with Crippen LogP contribution >= 0.6 is 11.6 Å². The van der Waals surface area contributed by atoms with Gasteiger partial charge in [0, 0.05) is 17.1 Å². The van der Waals surface area contributed by atoms with Crippen LogP contribution in [0, 0.1) is 5.92 Å². The largest absolute Gasteiger partial charge is 0.492 e. The number of benzene rings is 2. The minimum atomic E-state index is -4.09. The van der Waals surface area contributed by atoms with Gasteiger partial charge in [0.2, 0.25) is 0 Å². The number of halogens is 4. The van der Waals surface area contributed by atoms with Crippen molar-refractivity contribution in [3.8, 4) is 5.75 Å². The van der Waals surface area contributed by atoms with Gasteiger partial charge >= 0.3 is 6.18 Å². The summed E-state index contributed by atoms with van der Waals surface area (Å²) in [6.45, 7) is 1.86. The number of nitrogens with zero attached hydrogens (tertiary/aromatic N) is 2. The molecular weight excluding hydrogens is 431 g/mol. The fourth-order valence-corrected chi connectivity index (χ4v) is 3.38. The first-order valence-corrected chi connectivity index (χ1v) is 10.3. The van der Waals surface area contributed by atoms with Crippen LogP contribution in [0.25, 0.3) is 0 Å². The predicted molar refractivity (Wildman–Crippen MR) is 114 cm³/mol. The number of amides is 1. The molecule has 1 saturated heterocycles. The van der Waals surface area contributed by atoms with Crippen molar-refractivity contribution in [1.82, 2.24) is 10.3 Å². The first-order chi connectivity index (χ1) is 14.8. The number of hydrogen-bond acceptors (Lipinski definition) is 4. The van der Waals surface area contributed by atoms with Gasteiger partial charge in [-0.3, -0.25) is 9.69 Å². The first kappa shape index (κ1) is 23.1. The van der Waals surface area contributed by atoms with Crippen LogP contribution in [0.5, 0.6) is 5.75 Å². The number of hydrazone groups is 1. The van der Waals surface area contributed by atoms with E-state index in [1.165, 1.54) is 6.21 Å². The third kappa shape index (κ3) is 7.25. The van der Waals surface area contributed by atoms with Crippen LogP contribution in [-0.4, -0.2) is 49.4 Å². The summed E-state index contributed by atoms with van der Waals surface area (Å²) in [6.07, 6.45) is -2.28. The lowest BCUT2D eigenvalue weighted by Crippen LogP contribution is -2.40. The Morgan fingerprint density at radius 1 is 1.13 bits per heavy atom. The maximum atomic E-state index is 12.7. The summed E-state index contributed by atoms with van der Waals surface area (Å²) in [5, 5.41) is 4.48. The number of piperidine rings is 1. The lowest BCUT2D eigenvalue weighted by Gasteiger charge is -2.32. The van der Waals surface area contributed by atoms with Crippen molar-refractivity contribution in [2.75, 3.05) is 26.2 Å². The summed E-state index contributed by atoms with van der Waals surface area (Å²) >= 11 is 5.79. The monoisotopic (exact) mass is 453 g/mol. The molecule has 3 rings (SSSR count). The van der Waals surface area contributed by atoms with Gasteiger partial charge < -0.3 is 4.74 Å². The van der Waals surface area contributed by atoms with Crippen LogP contribution in [0.3, 0.4) is 0 Å². The second-order valence-corrected chi connectivity index (χ2v) is 7.72. The van der Waals surface area contributed by atoms with Crippen LogP contribution in [-0.2, 0) is 0 Å². The Hall–Kier alpha value is -2.58. The fourth-order valence-electron chi connectivity index (χ4n) is 3.26. The maximum absolute atomic E-state index is 12.7. The van der Waals surface area contributed by atoms with Gasteiger partial charge in [-0.25, -0.2) is 5.43 Å². The van der Waals surface area contributed by atoms with E-state index in [-0.39, 0.29) is 18.7 Å². The standard InChI is InChI=1S/C22H23ClF3N3O2/c23-19-5-3-17(4-6-19)21(30)28-27-15-16-1-7-20(8-2-16)31-14-13-29-11-9-18(10-12-29)22(24,25)26/h1-8,15,18H,9-14H2,(H,28,30). The number of rotatable bonds is 7. The summed E-state index contributed by atoms with van der Waals surface area (Å²) in [7, 11) is 0. The topological polar surface area (TPSA) is 53.9 Å². The van der Waals surface area contributed by atoms with Gasteiger partial charge in [-0.1, -0.05) is 11.6 Å². The second kappa shape index (κ2) is 10.6. The number of carbonyl (C=O) groups excluding carboxylic acids is 1. The Morgan fingerprint density at radius 2 is 1.77 bits per heavy atom. The van der Waals surface area contributed by atoms with Gasteiger partial charge in [0.05, 0.1) is 12.1 Å². The van der Waals surface area contributed by atoms with E-state index in [0.717, 1.165) is 5.56 Å². The highest BCUT2D eigenvalue weighted by Gasteiger charge is 2.40. The van der Waals surface area contributed by atoms with E-state index in [0.29, 0.717) is 42.6 Å². The molecule has 0 aliphatic carbocycles. The smallest absolute Gasteiger partial charge is 0.391 e. The van der Waals surface area contributed by atoms with E-state index >= 15 is 0 Å². The van der Waals surface area contributed by atoms with Gasteiger partial charge in [-0.15, -0.1) is 0 Å². The number of alkyl halides is 3. The Morgan fingerprint density at radius 3 is 2.39 bits per heavy atom. The predicted octanol–water partition coefficient (Wildman–Crippen LogP) is 4.76. The van der Waals surface area contributed by atoms with Crippen molar-refractivity contribution < 1.29 is 22.7 Å². The van der Waals surface area contributed by atoms with Gasteiger partial charge in [0.1, 0.15) is 12.4 Å². The Labute approximate surface area is 183 Å². The number of nitrogens with one attached hydrogen (secondary N) is 1. The minimum absolute atomic E-state index is 0.145. The van der Waals surface area contributed by atoms with E-state index in [9.17, 15) is 18.0 Å². The summed E-state index contributed by atoms with van der Waals surface area (Å²) in [4.78, 5) is 14.0. The molecule has 1 aliphatic rings. The zero-order valence-electron chi connectivity index (χ0n) is 16.7. The SMILES string of the molecule is O=C(NN=Cc1ccc(OCCN2CCC(C(F)(F)F)CC2)cc1)c1ccc(Cl)cc1. The third-order valence-electron chi connectivity index (χ3n) is 5.09. The molecule has 1 amide bonds. The summed E-state index contributed by atoms with van der Waals surface area (Å²) < 4.78 is 43.8. The highest BCUT2D eigenvalue weighted by molar-refractivity contribution is 6.30. The highest BCUT2D eigenvalue weighted by Crippen LogP contribution is 2.33. The lowest BCUT2D eigenvalue weighted by atomic mass is 9.96. The quantitative estimate of drug-likeness (QED) is 0.486. The molecule has 0 saturated carbocycles. The summed E-state index contributed by atoms with van der Waals surface area (Å²) in [5.41, 5.74) is 3.67. The maximum Gasteiger partial charge on any atom is 0.391 e. The fraction of sp³-hybridized carbons (Fsp3) is 0.364. The van der Waals surface area contributed by atoms with Crippen molar-refractivity contribution in [1.29, 1.82) is 0 Å². The summed E-state index contributed by atoms with van der Waals surface area (Å²) in [5.74, 6) is -0.866. The zero-order chi connectivity index (χ0) is 22.3. The first-order valence-electron chi connectivity index (χ1n) is 9.92. The van der Waals surface area contributed by atoms with E-state index in [1.807, 2.05) is 4.90 Å². The van der Waals surface area contributed by atoms with Crippen LogP contribution in [0.4, 0.5) is 13.2 Å². The normalized spacial score (nSPS) is 15.9. The van der Waals surface area contributed by atoms with E-state index < -0.39 is 12.1 Å². The van der Waals surface area contributed by atoms with Gasteiger partial charge in [-0.2, -0.15) is 18.3 Å².